The minimum absolute atomic E-state index is 0.409. The molecule has 1 aliphatic carbocycles. The zero-order chi connectivity index (χ0) is 16.2. The molecule has 2 fully saturated rings. The fourth-order valence-corrected chi connectivity index (χ4v) is 4.77. The van der Waals surface area contributed by atoms with Gasteiger partial charge >= 0.3 is 0 Å². The van der Waals surface area contributed by atoms with Crippen LogP contribution in [-0.4, -0.2) is 36.2 Å². The molecule has 0 amide bonds. The van der Waals surface area contributed by atoms with Crippen LogP contribution in [0.5, 0.6) is 0 Å². The Morgan fingerprint density at radius 1 is 0.955 bits per heavy atom. The molecule has 2 rings (SSSR count). The van der Waals surface area contributed by atoms with E-state index in [0.29, 0.717) is 17.6 Å². The fourth-order valence-electron chi connectivity index (χ4n) is 4.77. The van der Waals surface area contributed by atoms with Gasteiger partial charge in [0, 0.05) is 19.1 Å². The Morgan fingerprint density at radius 2 is 1.55 bits per heavy atom. The monoisotopic (exact) mass is 309 g/mol. The Bertz CT molecular complexity index is 310. The van der Waals surface area contributed by atoms with E-state index in [1.54, 1.807) is 0 Å². The predicted molar refractivity (Wildman–Crippen MR) is 95.3 cm³/mol. The van der Waals surface area contributed by atoms with Gasteiger partial charge in [0.15, 0.2) is 0 Å². The maximum absolute atomic E-state index is 5.90. The van der Waals surface area contributed by atoms with Gasteiger partial charge in [0.25, 0.3) is 0 Å². The van der Waals surface area contributed by atoms with E-state index in [4.69, 9.17) is 4.74 Å². The van der Waals surface area contributed by atoms with Gasteiger partial charge in [-0.15, -0.1) is 0 Å². The van der Waals surface area contributed by atoms with Crippen LogP contribution in [0.3, 0.4) is 0 Å². The van der Waals surface area contributed by atoms with Crippen LogP contribution in [0.2, 0.25) is 0 Å². The fraction of sp³-hybridized carbons (Fsp3) is 1.00. The summed E-state index contributed by atoms with van der Waals surface area (Å²) in [5, 5.41) is 0. The second-order valence-electron chi connectivity index (χ2n) is 8.66. The quantitative estimate of drug-likeness (QED) is 0.620. The van der Waals surface area contributed by atoms with Gasteiger partial charge in [-0.3, -0.25) is 4.90 Å². The Morgan fingerprint density at radius 3 is 2.09 bits per heavy atom. The number of rotatable bonds is 6. The van der Waals surface area contributed by atoms with Crippen molar-refractivity contribution in [2.24, 2.45) is 11.3 Å². The summed E-state index contributed by atoms with van der Waals surface area (Å²) in [5.41, 5.74) is 0.547. The highest BCUT2D eigenvalue weighted by Crippen LogP contribution is 2.42. The van der Waals surface area contributed by atoms with E-state index in [1.807, 2.05) is 0 Å². The van der Waals surface area contributed by atoms with Crippen molar-refractivity contribution in [2.45, 2.75) is 104 Å². The van der Waals surface area contributed by atoms with Crippen LogP contribution >= 0.6 is 0 Å². The molecule has 0 aromatic heterocycles. The summed E-state index contributed by atoms with van der Waals surface area (Å²) in [6.45, 7) is 14.1. The van der Waals surface area contributed by atoms with Gasteiger partial charge in [0.2, 0.25) is 0 Å². The van der Waals surface area contributed by atoms with E-state index >= 15 is 0 Å². The summed E-state index contributed by atoms with van der Waals surface area (Å²) in [4.78, 5) is 2.72. The van der Waals surface area contributed by atoms with Crippen LogP contribution in [0.1, 0.15) is 86.0 Å². The molecule has 2 heteroatoms. The molecule has 130 valence electrons. The Balaban J connectivity index is 1.79. The summed E-state index contributed by atoms with van der Waals surface area (Å²) in [6, 6.07) is 0.816. The number of nitrogens with zero attached hydrogens (tertiary/aromatic N) is 1. The number of hydrogen-bond donors (Lipinski definition) is 0. The Kier molecular flexibility index (Phi) is 6.76. The van der Waals surface area contributed by atoms with Crippen LogP contribution in [0.4, 0.5) is 0 Å². The van der Waals surface area contributed by atoms with Gasteiger partial charge in [-0.1, -0.05) is 40.0 Å². The molecule has 0 aromatic carbocycles. The molecule has 0 bridgehead atoms. The Hall–Kier alpha value is -0.0800. The van der Waals surface area contributed by atoms with Crippen molar-refractivity contribution in [3.63, 3.8) is 0 Å². The Labute approximate surface area is 139 Å². The van der Waals surface area contributed by atoms with Crippen LogP contribution < -0.4 is 0 Å². The molecule has 1 aliphatic heterocycles. The highest BCUT2D eigenvalue weighted by Gasteiger charge is 2.36. The first kappa shape index (κ1) is 18.3. The average Bonchev–Trinajstić information content (AvgIpc) is 2.46. The predicted octanol–water partition coefficient (Wildman–Crippen LogP) is 5.26. The molecular weight excluding hydrogens is 270 g/mol. The lowest BCUT2D eigenvalue weighted by molar-refractivity contribution is -0.0872. The summed E-state index contributed by atoms with van der Waals surface area (Å²) in [7, 11) is 0. The maximum Gasteiger partial charge on any atom is 0.0678 e. The van der Waals surface area contributed by atoms with Crippen LogP contribution in [0.15, 0.2) is 0 Å². The van der Waals surface area contributed by atoms with Crippen LogP contribution in [0, 0.1) is 11.3 Å². The summed E-state index contributed by atoms with van der Waals surface area (Å²) in [6.07, 6.45) is 12.1. The minimum atomic E-state index is 0.409. The highest BCUT2D eigenvalue weighted by atomic mass is 16.5. The third-order valence-electron chi connectivity index (χ3n) is 6.19. The van der Waals surface area contributed by atoms with Crippen molar-refractivity contribution >= 4 is 0 Å². The molecular formula is C20H39NO. The molecule has 2 aliphatic rings. The van der Waals surface area contributed by atoms with E-state index in [1.165, 1.54) is 51.4 Å². The number of ether oxygens (including phenoxy) is 1. The van der Waals surface area contributed by atoms with Gasteiger partial charge in [-0.05, 0) is 57.3 Å². The lowest BCUT2D eigenvalue weighted by Gasteiger charge is -2.45. The zero-order valence-electron chi connectivity index (χ0n) is 15.7. The van der Waals surface area contributed by atoms with Gasteiger partial charge in [-0.25, -0.2) is 0 Å². The normalized spacial score (nSPS) is 34.8. The zero-order valence-corrected chi connectivity index (χ0v) is 15.7. The molecule has 22 heavy (non-hydrogen) atoms. The number of hydrogen-bond acceptors (Lipinski definition) is 2. The molecule has 2 atom stereocenters. The van der Waals surface area contributed by atoms with Gasteiger partial charge < -0.3 is 4.74 Å². The standard InChI is InChI=1S/C20H39NO/c1-6-7-8-13-20(4,5)18-9-11-19(12-10-18)21-14-16(2)22-17(3)15-21/h16-19H,6-15H2,1-5H3. The van der Waals surface area contributed by atoms with E-state index in [0.717, 1.165) is 25.0 Å². The molecule has 1 saturated heterocycles. The maximum atomic E-state index is 5.90. The van der Waals surface area contributed by atoms with Crippen molar-refractivity contribution in [3.05, 3.63) is 0 Å². The van der Waals surface area contributed by atoms with Crippen molar-refractivity contribution in [2.75, 3.05) is 13.1 Å². The van der Waals surface area contributed by atoms with Gasteiger partial charge in [0.1, 0.15) is 0 Å². The van der Waals surface area contributed by atoms with Crippen molar-refractivity contribution in [1.29, 1.82) is 0 Å². The molecule has 1 heterocycles. The van der Waals surface area contributed by atoms with Crippen molar-refractivity contribution in [1.82, 2.24) is 4.90 Å². The van der Waals surface area contributed by atoms with Gasteiger partial charge in [0.05, 0.1) is 12.2 Å². The summed E-state index contributed by atoms with van der Waals surface area (Å²) >= 11 is 0. The van der Waals surface area contributed by atoms with Crippen molar-refractivity contribution in [3.8, 4) is 0 Å². The van der Waals surface area contributed by atoms with Crippen molar-refractivity contribution < 1.29 is 4.74 Å². The first-order valence-corrected chi connectivity index (χ1v) is 9.82. The third-order valence-corrected chi connectivity index (χ3v) is 6.19. The topological polar surface area (TPSA) is 12.5 Å². The SMILES string of the molecule is CCCCCC(C)(C)C1CCC(N2CC(C)OC(C)C2)CC1. The molecule has 2 unspecified atom stereocenters. The molecule has 0 N–H and O–H groups in total. The molecule has 0 radical (unpaired) electrons. The van der Waals surface area contributed by atoms with Crippen LogP contribution in [0.25, 0.3) is 0 Å². The number of morpholine rings is 1. The molecule has 1 saturated carbocycles. The highest BCUT2D eigenvalue weighted by molar-refractivity contribution is 4.88. The summed E-state index contributed by atoms with van der Waals surface area (Å²) < 4.78 is 5.90. The summed E-state index contributed by atoms with van der Waals surface area (Å²) in [5.74, 6) is 0.941. The third kappa shape index (κ3) is 4.96. The first-order valence-electron chi connectivity index (χ1n) is 9.82. The second kappa shape index (κ2) is 8.15. The van der Waals surface area contributed by atoms with Gasteiger partial charge in [-0.2, -0.15) is 0 Å². The minimum Gasteiger partial charge on any atom is -0.373 e. The first-order chi connectivity index (χ1) is 10.4. The van der Waals surface area contributed by atoms with Crippen LogP contribution in [-0.2, 0) is 4.74 Å². The van der Waals surface area contributed by atoms with E-state index in [-0.39, 0.29) is 0 Å². The smallest absolute Gasteiger partial charge is 0.0678 e. The molecule has 2 nitrogen and oxygen atoms in total. The molecule has 0 aromatic rings. The number of unbranched alkanes of at least 4 members (excludes halogenated alkanes) is 2. The lowest BCUT2D eigenvalue weighted by Crippen LogP contribution is -2.51. The lowest BCUT2D eigenvalue weighted by atomic mass is 9.67. The largest absolute Gasteiger partial charge is 0.373 e. The van der Waals surface area contributed by atoms with E-state index in [2.05, 4.69) is 39.5 Å². The second-order valence-corrected chi connectivity index (χ2v) is 8.66. The average molecular weight is 310 g/mol. The molecule has 0 spiro atoms. The van der Waals surface area contributed by atoms with E-state index < -0.39 is 0 Å². The van der Waals surface area contributed by atoms with E-state index in [9.17, 15) is 0 Å².